The monoisotopic (exact) mass is 226 g/mol. The van der Waals surface area contributed by atoms with E-state index in [1.165, 1.54) is 0 Å². The number of hydrogen-bond donors (Lipinski definition) is 0. The second-order valence-electron chi connectivity index (χ2n) is 2.65. The fourth-order valence-electron chi connectivity index (χ4n) is 0.917. The summed E-state index contributed by atoms with van der Waals surface area (Å²) in [5.74, 6) is 0.0301. The Bertz CT molecular complexity index is 305. The van der Waals surface area contributed by atoms with Crippen LogP contribution in [0.25, 0.3) is 0 Å². The molecule has 0 radical (unpaired) electrons. The van der Waals surface area contributed by atoms with Crippen molar-refractivity contribution in [1.29, 1.82) is 0 Å². The fraction of sp³-hybridized carbons (Fsp3) is 0.250. The molecule has 1 aliphatic rings. The molecule has 4 heteroatoms. The fourth-order valence-corrected chi connectivity index (χ4v) is 1.15. The third-order valence-corrected chi connectivity index (χ3v) is 2.15. The van der Waals surface area contributed by atoms with Gasteiger partial charge in [0.15, 0.2) is 0 Å². The third-order valence-electron chi connectivity index (χ3n) is 1.68. The second-order valence-corrected chi connectivity index (χ2v) is 3.57. The van der Waals surface area contributed by atoms with E-state index in [9.17, 15) is 4.79 Å². The Balaban J connectivity index is 2.22. The van der Waals surface area contributed by atoms with E-state index in [1.807, 2.05) is 6.07 Å². The molecule has 0 aromatic carbocycles. The predicted octanol–water partition coefficient (Wildman–Crippen LogP) is 1.30. The van der Waals surface area contributed by atoms with Crippen LogP contribution in [0.3, 0.4) is 0 Å². The summed E-state index contributed by atoms with van der Waals surface area (Å²) < 4.78 is 0.893. The predicted molar refractivity (Wildman–Crippen MR) is 47.8 cm³/mol. The van der Waals surface area contributed by atoms with Gasteiger partial charge in [0.25, 0.3) is 5.91 Å². The highest BCUT2D eigenvalue weighted by molar-refractivity contribution is 9.10. The normalized spacial score (nSPS) is 14.6. The standard InChI is InChI=1S/C8H7BrN2O/c9-6-1-2-7(10-5-6)8(12)11-3-4-11/h1-2,5H,3-4H2. The van der Waals surface area contributed by atoms with Gasteiger partial charge >= 0.3 is 0 Å². The van der Waals surface area contributed by atoms with Gasteiger partial charge in [0.1, 0.15) is 5.69 Å². The lowest BCUT2D eigenvalue weighted by molar-refractivity contribution is 0.0880. The summed E-state index contributed by atoms with van der Waals surface area (Å²) in [5.41, 5.74) is 0.524. The van der Waals surface area contributed by atoms with Crippen LogP contribution in [0.1, 0.15) is 10.5 Å². The lowest BCUT2D eigenvalue weighted by Crippen LogP contribution is -2.11. The summed E-state index contributed by atoms with van der Waals surface area (Å²) in [5, 5.41) is 0. The van der Waals surface area contributed by atoms with Gasteiger partial charge in [0, 0.05) is 23.8 Å². The molecule has 0 saturated carbocycles. The zero-order valence-corrected chi connectivity index (χ0v) is 7.91. The van der Waals surface area contributed by atoms with E-state index in [2.05, 4.69) is 20.9 Å². The Hall–Kier alpha value is -0.900. The Labute approximate surface area is 78.5 Å². The number of halogens is 1. The summed E-state index contributed by atoms with van der Waals surface area (Å²) in [6.07, 6.45) is 1.64. The molecule has 0 N–H and O–H groups in total. The van der Waals surface area contributed by atoms with Gasteiger partial charge in [0.2, 0.25) is 0 Å². The van der Waals surface area contributed by atoms with Crippen molar-refractivity contribution < 1.29 is 4.79 Å². The van der Waals surface area contributed by atoms with Gasteiger partial charge in [-0.2, -0.15) is 0 Å². The maximum atomic E-state index is 11.4. The number of rotatable bonds is 1. The van der Waals surface area contributed by atoms with E-state index in [-0.39, 0.29) is 5.91 Å². The van der Waals surface area contributed by atoms with Crippen LogP contribution in [0.2, 0.25) is 0 Å². The molecule has 12 heavy (non-hydrogen) atoms. The molecule has 2 rings (SSSR count). The molecule has 62 valence electrons. The molecule has 0 atom stereocenters. The number of aromatic nitrogens is 1. The van der Waals surface area contributed by atoms with E-state index < -0.39 is 0 Å². The van der Waals surface area contributed by atoms with Crippen molar-refractivity contribution in [1.82, 2.24) is 9.88 Å². The summed E-state index contributed by atoms with van der Waals surface area (Å²) in [4.78, 5) is 17.1. The van der Waals surface area contributed by atoms with E-state index in [4.69, 9.17) is 0 Å². The van der Waals surface area contributed by atoms with Crippen LogP contribution in [-0.4, -0.2) is 28.9 Å². The molecular weight excluding hydrogens is 220 g/mol. The van der Waals surface area contributed by atoms with Crippen molar-refractivity contribution in [2.45, 2.75) is 0 Å². The van der Waals surface area contributed by atoms with E-state index in [0.717, 1.165) is 17.6 Å². The second kappa shape index (κ2) is 2.86. The van der Waals surface area contributed by atoms with Gasteiger partial charge in [-0.1, -0.05) is 0 Å². The highest BCUT2D eigenvalue weighted by Crippen LogP contribution is 2.12. The first-order valence-corrected chi connectivity index (χ1v) is 4.47. The van der Waals surface area contributed by atoms with Gasteiger partial charge in [-0.3, -0.25) is 4.79 Å². The number of pyridine rings is 1. The summed E-state index contributed by atoms with van der Waals surface area (Å²) in [6, 6.07) is 3.55. The van der Waals surface area contributed by atoms with Crippen molar-refractivity contribution in [2.75, 3.05) is 13.1 Å². The van der Waals surface area contributed by atoms with Crippen LogP contribution in [-0.2, 0) is 0 Å². The minimum atomic E-state index is 0.0301. The number of carbonyl (C=O) groups is 1. The van der Waals surface area contributed by atoms with Gasteiger partial charge in [-0.05, 0) is 28.1 Å². The highest BCUT2D eigenvalue weighted by Gasteiger charge is 2.25. The minimum absolute atomic E-state index is 0.0301. The van der Waals surface area contributed by atoms with Crippen LogP contribution in [0.4, 0.5) is 0 Å². The maximum Gasteiger partial charge on any atom is 0.272 e. The first-order chi connectivity index (χ1) is 5.77. The summed E-state index contributed by atoms with van der Waals surface area (Å²) >= 11 is 3.26. The Morgan fingerprint density at radius 1 is 1.50 bits per heavy atom. The highest BCUT2D eigenvalue weighted by atomic mass is 79.9. The van der Waals surface area contributed by atoms with Crippen molar-refractivity contribution in [3.05, 3.63) is 28.5 Å². The quantitative estimate of drug-likeness (QED) is 0.677. The third kappa shape index (κ3) is 1.48. The molecule has 1 aliphatic heterocycles. The van der Waals surface area contributed by atoms with Crippen LogP contribution >= 0.6 is 15.9 Å². The summed E-state index contributed by atoms with van der Waals surface area (Å²) in [6.45, 7) is 1.74. The van der Waals surface area contributed by atoms with Crippen LogP contribution in [0.15, 0.2) is 22.8 Å². The SMILES string of the molecule is O=C(c1ccc(Br)cn1)N1CC1. The molecule has 1 aromatic heterocycles. The Morgan fingerprint density at radius 3 is 2.75 bits per heavy atom. The van der Waals surface area contributed by atoms with Gasteiger partial charge in [-0.25, -0.2) is 4.98 Å². The molecular formula is C8H7BrN2O. The largest absolute Gasteiger partial charge is 0.334 e. The average Bonchev–Trinajstić information content (AvgIpc) is 2.87. The first-order valence-electron chi connectivity index (χ1n) is 3.68. The van der Waals surface area contributed by atoms with Crippen LogP contribution in [0, 0.1) is 0 Å². The molecule has 1 amide bonds. The average molecular weight is 227 g/mol. The molecule has 1 aromatic rings. The molecule has 2 heterocycles. The molecule has 0 spiro atoms. The van der Waals surface area contributed by atoms with Crippen molar-refractivity contribution >= 4 is 21.8 Å². The lowest BCUT2D eigenvalue weighted by atomic mass is 10.3. The van der Waals surface area contributed by atoms with Crippen LogP contribution < -0.4 is 0 Å². The number of nitrogens with zero attached hydrogens (tertiary/aromatic N) is 2. The lowest BCUT2D eigenvalue weighted by Gasteiger charge is -1.99. The van der Waals surface area contributed by atoms with E-state index >= 15 is 0 Å². The van der Waals surface area contributed by atoms with Crippen molar-refractivity contribution in [3.63, 3.8) is 0 Å². The van der Waals surface area contributed by atoms with Gasteiger partial charge < -0.3 is 4.90 Å². The smallest absolute Gasteiger partial charge is 0.272 e. The topological polar surface area (TPSA) is 33.0 Å². The first kappa shape index (κ1) is 7.73. The van der Waals surface area contributed by atoms with Gasteiger partial charge in [0.05, 0.1) is 0 Å². The molecule has 0 unspecified atom stereocenters. The zero-order valence-electron chi connectivity index (χ0n) is 6.33. The van der Waals surface area contributed by atoms with Crippen LogP contribution in [0.5, 0.6) is 0 Å². The number of carbonyl (C=O) groups excluding carboxylic acids is 1. The molecule has 1 saturated heterocycles. The molecule has 0 aliphatic carbocycles. The van der Waals surface area contributed by atoms with Crippen molar-refractivity contribution in [2.24, 2.45) is 0 Å². The maximum absolute atomic E-state index is 11.4. The number of amides is 1. The Morgan fingerprint density at radius 2 is 2.25 bits per heavy atom. The summed E-state index contributed by atoms with van der Waals surface area (Å²) in [7, 11) is 0. The number of hydrogen-bond acceptors (Lipinski definition) is 2. The molecule has 1 fully saturated rings. The van der Waals surface area contributed by atoms with Gasteiger partial charge in [-0.15, -0.1) is 0 Å². The van der Waals surface area contributed by atoms with E-state index in [0.29, 0.717) is 5.69 Å². The van der Waals surface area contributed by atoms with Crippen molar-refractivity contribution in [3.8, 4) is 0 Å². The zero-order chi connectivity index (χ0) is 8.55. The Kier molecular flexibility index (Phi) is 1.84. The molecule has 3 nitrogen and oxygen atoms in total. The molecule has 0 bridgehead atoms. The van der Waals surface area contributed by atoms with E-state index in [1.54, 1.807) is 17.2 Å². The minimum Gasteiger partial charge on any atom is -0.334 e.